The maximum absolute atomic E-state index is 12.8. The van der Waals surface area contributed by atoms with Crippen molar-refractivity contribution in [1.82, 2.24) is 4.90 Å². The topological polar surface area (TPSA) is 40.5 Å². The fourth-order valence-corrected chi connectivity index (χ4v) is 3.08. The molecule has 2 atom stereocenters. The predicted molar refractivity (Wildman–Crippen MR) is 84.0 cm³/mol. The van der Waals surface area contributed by atoms with Crippen LogP contribution in [0, 0.1) is 30.6 Å². The minimum Gasteiger partial charge on any atom is -0.384 e. The minimum atomic E-state index is -0.195. The lowest BCUT2D eigenvalue weighted by molar-refractivity contribution is 0.0623. The molecule has 112 valence electrons. The Morgan fingerprint density at radius 1 is 1.33 bits per heavy atom. The van der Waals surface area contributed by atoms with Gasteiger partial charge in [-0.15, -0.1) is 0 Å². The highest BCUT2D eigenvalue weighted by Gasteiger charge is 2.27. The van der Waals surface area contributed by atoms with E-state index in [1.807, 2.05) is 30.0 Å². The Morgan fingerprint density at radius 3 is 2.62 bits per heavy atom. The lowest BCUT2D eigenvalue weighted by atomic mass is 9.91. The summed E-state index contributed by atoms with van der Waals surface area (Å²) in [6, 6.07) is 5.70. The summed E-state index contributed by atoms with van der Waals surface area (Å²) in [7, 11) is 0. The van der Waals surface area contributed by atoms with Gasteiger partial charge in [-0.2, -0.15) is 0 Å². The van der Waals surface area contributed by atoms with Gasteiger partial charge in [-0.3, -0.25) is 4.79 Å². The molecule has 1 aliphatic rings. The predicted octanol–water partition coefficient (Wildman–Crippen LogP) is 2.46. The van der Waals surface area contributed by atoms with Crippen LogP contribution < -0.4 is 0 Å². The van der Waals surface area contributed by atoms with Gasteiger partial charge in [0.25, 0.3) is 5.91 Å². The summed E-state index contributed by atoms with van der Waals surface area (Å²) in [4.78, 5) is 14.7. The summed E-state index contributed by atoms with van der Waals surface area (Å²) >= 11 is 0. The molecule has 3 nitrogen and oxygen atoms in total. The highest BCUT2D eigenvalue weighted by Crippen LogP contribution is 2.23. The van der Waals surface area contributed by atoms with Crippen molar-refractivity contribution in [2.45, 2.75) is 27.2 Å². The van der Waals surface area contributed by atoms with E-state index >= 15 is 0 Å². The zero-order valence-corrected chi connectivity index (χ0v) is 13.0. The van der Waals surface area contributed by atoms with E-state index in [1.54, 1.807) is 0 Å². The van der Waals surface area contributed by atoms with Crippen LogP contribution in [0.1, 0.15) is 41.8 Å². The Labute approximate surface area is 127 Å². The number of amides is 1. The first-order chi connectivity index (χ1) is 10.0. The van der Waals surface area contributed by atoms with Crippen LogP contribution >= 0.6 is 0 Å². The third-order valence-corrected chi connectivity index (χ3v) is 3.86. The molecule has 1 saturated heterocycles. The molecule has 2 rings (SSSR count). The fourth-order valence-electron chi connectivity index (χ4n) is 3.08. The lowest BCUT2D eigenvalue weighted by Gasteiger charge is -2.35. The number of likely N-dealkylation sites (tertiary alicyclic amines) is 1. The van der Waals surface area contributed by atoms with Crippen LogP contribution in [-0.2, 0) is 0 Å². The van der Waals surface area contributed by atoms with Crippen LogP contribution in [0.4, 0.5) is 0 Å². The Morgan fingerprint density at radius 2 is 2.00 bits per heavy atom. The number of nitrogens with zero attached hydrogens (tertiary/aromatic N) is 1. The van der Waals surface area contributed by atoms with Gasteiger partial charge >= 0.3 is 0 Å². The first-order valence-electron chi connectivity index (χ1n) is 7.51. The molecule has 0 aromatic heterocycles. The van der Waals surface area contributed by atoms with Crippen LogP contribution in [0.5, 0.6) is 0 Å². The molecule has 0 radical (unpaired) electrons. The number of aliphatic hydroxyl groups is 1. The average molecular weight is 285 g/mol. The van der Waals surface area contributed by atoms with Crippen molar-refractivity contribution in [2.75, 3.05) is 19.7 Å². The number of aryl methyl sites for hydroxylation is 1. The molecule has 1 heterocycles. The van der Waals surface area contributed by atoms with Crippen molar-refractivity contribution in [3.63, 3.8) is 0 Å². The van der Waals surface area contributed by atoms with Gasteiger partial charge in [0, 0.05) is 18.7 Å². The van der Waals surface area contributed by atoms with E-state index in [-0.39, 0.29) is 12.5 Å². The van der Waals surface area contributed by atoms with Gasteiger partial charge in [0.15, 0.2) is 0 Å². The van der Waals surface area contributed by atoms with Gasteiger partial charge in [0.1, 0.15) is 6.61 Å². The van der Waals surface area contributed by atoms with E-state index in [4.69, 9.17) is 5.11 Å². The van der Waals surface area contributed by atoms with Crippen LogP contribution in [0.2, 0.25) is 0 Å². The number of aliphatic hydroxyl groups excluding tert-OH is 1. The van der Waals surface area contributed by atoms with E-state index in [0.717, 1.165) is 18.7 Å². The van der Waals surface area contributed by atoms with Gasteiger partial charge in [0.05, 0.1) is 5.56 Å². The van der Waals surface area contributed by atoms with Crippen LogP contribution in [0.25, 0.3) is 0 Å². The van der Waals surface area contributed by atoms with Crippen molar-refractivity contribution in [3.8, 4) is 11.8 Å². The molecule has 1 fully saturated rings. The van der Waals surface area contributed by atoms with E-state index in [1.165, 1.54) is 6.42 Å². The molecule has 1 aromatic carbocycles. The third kappa shape index (κ3) is 3.86. The zero-order chi connectivity index (χ0) is 15.4. The van der Waals surface area contributed by atoms with Crippen LogP contribution in [0.15, 0.2) is 18.2 Å². The van der Waals surface area contributed by atoms with Gasteiger partial charge < -0.3 is 10.0 Å². The molecule has 21 heavy (non-hydrogen) atoms. The smallest absolute Gasteiger partial charge is 0.255 e. The number of hydrogen-bond donors (Lipinski definition) is 1. The third-order valence-electron chi connectivity index (χ3n) is 3.86. The van der Waals surface area contributed by atoms with E-state index < -0.39 is 0 Å². The quantitative estimate of drug-likeness (QED) is 0.805. The standard InChI is InChI=1S/C18H23NO2/c1-13-6-7-17(16(10-13)5-4-8-20)18(21)19-11-14(2)9-15(3)12-19/h6-7,10,14-15,20H,8-9,11-12H2,1-3H3. The summed E-state index contributed by atoms with van der Waals surface area (Å²) in [5, 5.41) is 8.88. The first kappa shape index (κ1) is 15.6. The van der Waals surface area contributed by atoms with Gasteiger partial charge in [-0.25, -0.2) is 0 Å². The molecule has 0 bridgehead atoms. The first-order valence-corrected chi connectivity index (χ1v) is 7.51. The molecular weight excluding hydrogens is 262 g/mol. The van der Waals surface area contributed by atoms with Crippen molar-refractivity contribution < 1.29 is 9.90 Å². The Bertz CT molecular complexity index is 573. The number of rotatable bonds is 1. The summed E-state index contributed by atoms with van der Waals surface area (Å²) in [6.07, 6.45) is 1.18. The summed E-state index contributed by atoms with van der Waals surface area (Å²) in [6.45, 7) is 7.78. The van der Waals surface area contributed by atoms with Crippen LogP contribution in [0.3, 0.4) is 0 Å². The normalized spacial score (nSPS) is 21.6. The fraction of sp³-hybridized carbons (Fsp3) is 0.500. The zero-order valence-electron chi connectivity index (χ0n) is 13.0. The van der Waals surface area contributed by atoms with Crippen LogP contribution in [-0.4, -0.2) is 35.6 Å². The summed E-state index contributed by atoms with van der Waals surface area (Å²) < 4.78 is 0. The van der Waals surface area contributed by atoms with Gasteiger partial charge in [0.2, 0.25) is 0 Å². The van der Waals surface area contributed by atoms with Crippen molar-refractivity contribution >= 4 is 5.91 Å². The largest absolute Gasteiger partial charge is 0.384 e. The van der Waals surface area contributed by atoms with Gasteiger partial charge in [-0.05, 0) is 42.9 Å². The molecule has 0 aliphatic carbocycles. The summed E-state index contributed by atoms with van der Waals surface area (Å²) in [5.41, 5.74) is 2.41. The van der Waals surface area contributed by atoms with E-state index in [0.29, 0.717) is 23.0 Å². The monoisotopic (exact) mass is 285 g/mol. The van der Waals surface area contributed by atoms with E-state index in [9.17, 15) is 4.79 Å². The molecular formula is C18H23NO2. The van der Waals surface area contributed by atoms with Crippen molar-refractivity contribution in [1.29, 1.82) is 0 Å². The number of carbonyl (C=O) groups excluding carboxylic acids is 1. The maximum atomic E-state index is 12.8. The number of hydrogen-bond acceptors (Lipinski definition) is 2. The Hall–Kier alpha value is -1.79. The lowest BCUT2D eigenvalue weighted by Crippen LogP contribution is -2.42. The molecule has 0 saturated carbocycles. The molecule has 3 heteroatoms. The maximum Gasteiger partial charge on any atom is 0.255 e. The SMILES string of the molecule is Cc1ccc(C(=O)N2CC(C)CC(C)C2)c(C#CCO)c1. The highest BCUT2D eigenvalue weighted by atomic mass is 16.2. The van der Waals surface area contributed by atoms with E-state index in [2.05, 4.69) is 25.7 Å². The molecule has 2 unspecified atom stereocenters. The van der Waals surface area contributed by atoms with Gasteiger partial charge in [-0.1, -0.05) is 31.8 Å². The number of piperidine rings is 1. The number of carbonyl (C=O) groups is 1. The molecule has 1 N–H and O–H groups in total. The number of benzene rings is 1. The Kier molecular flexibility index (Phi) is 5.03. The molecule has 1 aliphatic heterocycles. The molecule has 1 aromatic rings. The second kappa shape index (κ2) is 6.78. The van der Waals surface area contributed by atoms with Crippen molar-refractivity contribution in [3.05, 3.63) is 34.9 Å². The second-order valence-corrected chi connectivity index (χ2v) is 6.17. The van der Waals surface area contributed by atoms with Crippen molar-refractivity contribution in [2.24, 2.45) is 11.8 Å². The molecule has 1 amide bonds. The summed E-state index contributed by atoms with van der Waals surface area (Å²) in [5.74, 6) is 6.67. The highest BCUT2D eigenvalue weighted by molar-refractivity contribution is 5.97. The second-order valence-electron chi connectivity index (χ2n) is 6.17. The Balaban J connectivity index is 2.30. The minimum absolute atomic E-state index is 0.0515. The molecule has 0 spiro atoms. The average Bonchev–Trinajstić information content (AvgIpc) is 2.43.